The van der Waals surface area contributed by atoms with Crippen LogP contribution in [0.3, 0.4) is 0 Å². The Morgan fingerprint density at radius 2 is 1.81 bits per heavy atom. The fraction of sp³-hybridized carbons (Fsp3) is 0.409. The average Bonchev–Trinajstić information content (AvgIpc) is 3.27. The molecule has 1 amide bonds. The van der Waals surface area contributed by atoms with Crippen LogP contribution < -0.4 is 10.5 Å². The third-order valence-corrected chi connectivity index (χ3v) is 7.13. The van der Waals surface area contributed by atoms with Crippen LogP contribution in [0.2, 0.25) is 0 Å². The topological polar surface area (TPSA) is 132 Å². The molecule has 2 N–H and O–H groups in total. The molecule has 0 spiro atoms. The summed E-state index contributed by atoms with van der Waals surface area (Å²) in [6.07, 6.45) is -3.55. The second-order valence-corrected chi connectivity index (χ2v) is 10.4. The molecule has 1 atom stereocenters. The van der Waals surface area contributed by atoms with Crippen LogP contribution in [0.5, 0.6) is 5.75 Å². The molecule has 36 heavy (non-hydrogen) atoms. The van der Waals surface area contributed by atoms with Crippen LogP contribution in [-0.2, 0) is 16.2 Å². The third kappa shape index (κ3) is 4.88. The molecule has 10 nitrogen and oxygen atoms in total. The number of oxazole rings is 1. The molecule has 1 fully saturated rings. The Morgan fingerprint density at radius 3 is 2.36 bits per heavy atom. The smallest absolute Gasteiger partial charge is 0.433 e. The summed E-state index contributed by atoms with van der Waals surface area (Å²) in [6, 6.07) is 4.35. The number of carbonyl (C=O) groups is 1. The number of fused-ring (bicyclic) bond motifs is 1. The third-order valence-electron chi connectivity index (χ3n) is 5.83. The standard InChI is InChI=1S/C22H24F3N5O5S/c1-12(26)19-18(21(31)29-8-10-30(11-9-29)36(3,32)33)28-20(35-19)14-4-6-15(34-2)17-13(14)5-7-16(27-17)22(23,24)25/h4-7,12H,8-11,26H2,1-3H3/t12-/m0/s1. The number of pyridine rings is 1. The van der Waals surface area contributed by atoms with Gasteiger partial charge in [0, 0.05) is 37.1 Å². The Labute approximate surface area is 204 Å². The van der Waals surface area contributed by atoms with Gasteiger partial charge in [0.15, 0.2) is 11.5 Å². The largest absolute Gasteiger partial charge is 0.494 e. The number of alkyl halides is 3. The SMILES string of the molecule is COc1ccc(-c2nc(C(=O)N3CCN(S(C)(=O)=O)CC3)c([C@H](C)N)o2)c2ccc(C(F)(F)F)nc12. The van der Waals surface area contributed by atoms with E-state index in [-0.39, 0.29) is 60.2 Å². The summed E-state index contributed by atoms with van der Waals surface area (Å²) in [5, 5.41) is 0.278. The van der Waals surface area contributed by atoms with Crippen molar-refractivity contribution in [2.24, 2.45) is 5.73 Å². The van der Waals surface area contributed by atoms with E-state index >= 15 is 0 Å². The number of benzene rings is 1. The molecule has 1 saturated heterocycles. The molecular weight excluding hydrogens is 503 g/mol. The highest BCUT2D eigenvalue weighted by molar-refractivity contribution is 7.88. The zero-order valence-corrected chi connectivity index (χ0v) is 20.5. The Bertz CT molecular complexity index is 1410. The molecule has 4 rings (SSSR count). The van der Waals surface area contributed by atoms with Crippen LogP contribution >= 0.6 is 0 Å². The maximum Gasteiger partial charge on any atom is 0.433 e. The van der Waals surface area contributed by atoms with Crippen LogP contribution in [0.4, 0.5) is 13.2 Å². The first-order valence-corrected chi connectivity index (χ1v) is 12.7. The summed E-state index contributed by atoms with van der Waals surface area (Å²) in [5.41, 5.74) is 5.15. The van der Waals surface area contributed by atoms with Crippen LogP contribution in [0.25, 0.3) is 22.4 Å². The lowest BCUT2D eigenvalue weighted by molar-refractivity contribution is -0.140. The number of nitrogens with two attached hydrogens (primary N) is 1. The Balaban J connectivity index is 1.75. The number of amides is 1. The van der Waals surface area contributed by atoms with Gasteiger partial charge in [0.25, 0.3) is 5.91 Å². The molecule has 194 valence electrons. The molecule has 0 unspecified atom stereocenters. The quantitative estimate of drug-likeness (QED) is 0.536. The molecule has 0 bridgehead atoms. The number of piperazine rings is 1. The van der Waals surface area contributed by atoms with Gasteiger partial charge in [0.2, 0.25) is 15.9 Å². The monoisotopic (exact) mass is 527 g/mol. The van der Waals surface area contributed by atoms with E-state index < -0.39 is 33.8 Å². The second kappa shape index (κ2) is 9.33. The molecule has 14 heteroatoms. The maximum absolute atomic E-state index is 13.3. The van der Waals surface area contributed by atoms with Crippen LogP contribution in [0, 0.1) is 0 Å². The molecule has 0 radical (unpaired) electrons. The van der Waals surface area contributed by atoms with Crippen molar-refractivity contribution < 1.29 is 35.5 Å². The minimum atomic E-state index is -4.65. The Kier molecular flexibility index (Phi) is 6.70. The van der Waals surface area contributed by atoms with Crippen molar-refractivity contribution in [2.75, 3.05) is 39.5 Å². The number of halogens is 3. The van der Waals surface area contributed by atoms with Crippen molar-refractivity contribution in [3.63, 3.8) is 0 Å². The van der Waals surface area contributed by atoms with Crippen molar-refractivity contribution >= 4 is 26.8 Å². The minimum absolute atomic E-state index is 0.0189. The van der Waals surface area contributed by atoms with Gasteiger partial charge >= 0.3 is 6.18 Å². The number of nitrogens with zero attached hydrogens (tertiary/aromatic N) is 4. The highest BCUT2D eigenvalue weighted by atomic mass is 32.2. The zero-order valence-electron chi connectivity index (χ0n) is 19.7. The van der Waals surface area contributed by atoms with Gasteiger partial charge in [-0.05, 0) is 31.2 Å². The highest BCUT2D eigenvalue weighted by Gasteiger charge is 2.34. The number of carbonyl (C=O) groups excluding carboxylic acids is 1. The fourth-order valence-corrected chi connectivity index (χ4v) is 4.81. The van der Waals surface area contributed by atoms with E-state index in [2.05, 4.69) is 9.97 Å². The normalized spacial score (nSPS) is 16.4. The first kappa shape index (κ1) is 25.9. The lowest BCUT2D eigenvalue weighted by atomic mass is 10.1. The number of ether oxygens (including phenoxy) is 1. The van der Waals surface area contributed by atoms with E-state index in [9.17, 15) is 26.4 Å². The molecule has 2 aromatic heterocycles. The van der Waals surface area contributed by atoms with Crippen molar-refractivity contribution in [1.82, 2.24) is 19.2 Å². The summed E-state index contributed by atoms with van der Waals surface area (Å²) < 4.78 is 75.6. The second-order valence-electron chi connectivity index (χ2n) is 8.38. The van der Waals surface area contributed by atoms with E-state index in [0.29, 0.717) is 5.56 Å². The van der Waals surface area contributed by atoms with Gasteiger partial charge in [-0.3, -0.25) is 4.79 Å². The molecule has 0 saturated carbocycles. The van der Waals surface area contributed by atoms with E-state index in [4.69, 9.17) is 14.9 Å². The molecule has 1 aliphatic heterocycles. The number of hydrogen-bond donors (Lipinski definition) is 1. The van der Waals surface area contributed by atoms with Gasteiger partial charge in [-0.1, -0.05) is 0 Å². The van der Waals surface area contributed by atoms with Gasteiger partial charge in [-0.15, -0.1) is 0 Å². The number of aromatic nitrogens is 2. The first-order valence-electron chi connectivity index (χ1n) is 10.9. The van der Waals surface area contributed by atoms with E-state index in [1.54, 1.807) is 13.0 Å². The van der Waals surface area contributed by atoms with Crippen LogP contribution in [-0.4, -0.2) is 73.0 Å². The van der Waals surface area contributed by atoms with Gasteiger partial charge in [-0.2, -0.15) is 17.5 Å². The van der Waals surface area contributed by atoms with Crippen LogP contribution in [0.1, 0.15) is 34.9 Å². The number of methoxy groups -OCH3 is 1. The minimum Gasteiger partial charge on any atom is -0.494 e. The molecule has 3 aromatic rings. The van der Waals surface area contributed by atoms with Gasteiger partial charge in [0.05, 0.1) is 19.4 Å². The summed E-state index contributed by atoms with van der Waals surface area (Å²) >= 11 is 0. The van der Waals surface area contributed by atoms with E-state index in [1.165, 1.54) is 28.4 Å². The fourth-order valence-electron chi connectivity index (χ4n) is 3.98. The predicted molar refractivity (Wildman–Crippen MR) is 124 cm³/mol. The van der Waals surface area contributed by atoms with Crippen molar-refractivity contribution in [3.8, 4) is 17.2 Å². The average molecular weight is 528 g/mol. The Hall–Kier alpha value is -3.23. The molecular formula is C22H24F3N5O5S. The highest BCUT2D eigenvalue weighted by Crippen LogP contribution is 2.37. The Morgan fingerprint density at radius 1 is 1.14 bits per heavy atom. The van der Waals surface area contributed by atoms with Gasteiger partial charge in [0.1, 0.15) is 17.0 Å². The van der Waals surface area contributed by atoms with Crippen molar-refractivity contribution in [1.29, 1.82) is 0 Å². The van der Waals surface area contributed by atoms with Gasteiger partial charge in [-0.25, -0.2) is 18.4 Å². The summed E-state index contributed by atoms with van der Waals surface area (Å²) in [4.78, 5) is 22.8. The van der Waals surface area contributed by atoms with E-state index in [0.717, 1.165) is 12.3 Å². The van der Waals surface area contributed by atoms with Crippen LogP contribution in [0.15, 0.2) is 28.7 Å². The first-order chi connectivity index (χ1) is 16.8. The van der Waals surface area contributed by atoms with E-state index in [1.807, 2.05) is 0 Å². The summed E-state index contributed by atoms with van der Waals surface area (Å²) in [6.45, 7) is 2.19. The summed E-state index contributed by atoms with van der Waals surface area (Å²) in [5.74, 6) is -0.279. The maximum atomic E-state index is 13.3. The zero-order chi connectivity index (χ0) is 26.4. The van der Waals surface area contributed by atoms with Crippen molar-refractivity contribution in [2.45, 2.75) is 19.1 Å². The molecule has 1 aromatic carbocycles. The molecule has 0 aliphatic carbocycles. The predicted octanol–water partition coefficient (Wildman–Crippen LogP) is 2.65. The number of hydrogen-bond acceptors (Lipinski definition) is 8. The lowest BCUT2D eigenvalue weighted by Gasteiger charge is -2.32. The molecule has 1 aliphatic rings. The summed E-state index contributed by atoms with van der Waals surface area (Å²) in [7, 11) is -2.06. The number of rotatable bonds is 5. The number of sulfonamides is 1. The molecule has 3 heterocycles. The lowest BCUT2D eigenvalue weighted by Crippen LogP contribution is -2.50. The van der Waals surface area contributed by atoms with Crippen molar-refractivity contribution in [3.05, 3.63) is 41.4 Å². The van der Waals surface area contributed by atoms with Gasteiger partial charge < -0.3 is 19.8 Å².